The summed E-state index contributed by atoms with van der Waals surface area (Å²) in [7, 11) is 0. The normalized spacial score (nSPS) is 8.14. The Balaban J connectivity index is 0. The van der Waals surface area contributed by atoms with Gasteiger partial charge in [0.2, 0.25) is 0 Å². The van der Waals surface area contributed by atoms with Crippen molar-refractivity contribution in [2.75, 3.05) is 0 Å². The van der Waals surface area contributed by atoms with E-state index in [9.17, 15) is 4.79 Å². The first kappa shape index (κ1) is 10.0. The summed E-state index contributed by atoms with van der Waals surface area (Å²) < 4.78 is 0. The zero-order chi connectivity index (χ0) is 4.99. The standard InChI is InChI=1S/C4H6O2.HI/c1-2-3-4(5)6;/h2-3H,1H3,(H,5,6);1H. The van der Waals surface area contributed by atoms with Crippen molar-refractivity contribution in [2.24, 2.45) is 0 Å². The van der Waals surface area contributed by atoms with E-state index >= 15 is 0 Å². The highest BCUT2D eigenvalue weighted by Crippen LogP contribution is 1.65. The van der Waals surface area contributed by atoms with Crippen molar-refractivity contribution in [3.63, 3.8) is 0 Å². The lowest BCUT2D eigenvalue weighted by Crippen LogP contribution is -1.83. The molecule has 0 amide bonds. The summed E-state index contributed by atoms with van der Waals surface area (Å²) >= 11 is 0. The first-order valence-corrected chi connectivity index (χ1v) is 1.63. The molecule has 3 heteroatoms. The lowest BCUT2D eigenvalue weighted by atomic mass is 10.5. The largest absolute Gasteiger partial charge is 0.478 e. The minimum Gasteiger partial charge on any atom is -0.478 e. The third-order valence-corrected chi connectivity index (χ3v) is 0.309. The van der Waals surface area contributed by atoms with Gasteiger partial charge in [-0.15, -0.1) is 24.0 Å². The smallest absolute Gasteiger partial charge is 0.327 e. The molecule has 42 valence electrons. The Morgan fingerprint density at radius 3 is 2.14 bits per heavy atom. The molecule has 0 aliphatic rings. The second-order valence-corrected chi connectivity index (χ2v) is 0.838. The molecule has 0 fully saturated rings. The van der Waals surface area contributed by atoms with Crippen LogP contribution in [0.4, 0.5) is 0 Å². The Hall–Kier alpha value is -0.0600. The minimum absolute atomic E-state index is 0. The highest BCUT2D eigenvalue weighted by atomic mass is 127. The number of hydrogen-bond acceptors (Lipinski definition) is 1. The fourth-order valence-electron chi connectivity index (χ4n) is 0.143. The summed E-state index contributed by atoms with van der Waals surface area (Å²) in [6, 6.07) is 0. The molecule has 0 spiro atoms. The maximum absolute atomic E-state index is 9.51. The van der Waals surface area contributed by atoms with Gasteiger partial charge >= 0.3 is 5.97 Å². The van der Waals surface area contributed by atoms with Gasteiger partial charge in [0.05, 0.1) is 0 Å². The molecule has 1 N–H and O–H groups in total. The van der Waals surface area contributed by atoms with Crippen molar-refractivity contribution in [2.45, 2.75) is 6.92 Å². The van der Waals surface area contributed by atoms with Crippen LogP contribution in [0.3, 0.4) is 0 Å². The molecule has 0 aliphatic heterocycles. The number of carboxylic acid groups (broad SMARTS) is 1. The fraction of sp³-hybridized carbons (Fsp3) is 0.250. The molecule has 0 heterocycles. The van der Waals surface area contributed by atoms with Crippen LogP contribution in [0.2, 0.25) is 0 Å². The van der Waals surface area contributed by atoms with Crippen LogP contribution in [0.5, 0.6) is 0 Å². The van der Waals surface area contributed by atoms with Gasteiger partial charge < -0.3 is 5.11 Å². The van der Waals surface area contributed by atoms with Gasteiger partial charge in [-0.25, -0.2) is 4.79 Å². The van der Waals surface area contributed by atoms with Crippen molar-refractivity contribution >= 4 is 29.9 Å². The number of carbonyl (C=O) groups is 1. The van der Waals surface area contributed by atoms with Gasteiger partial charge in [-0.05, 0) is 6.92 Å². The van der Waals surface area contributed by atoms with Gasteiger partial charge in [0.1, 0.15) is 0 Å². The molecule has 0 saturated heterocycles. The van der Waals surface area contributed by atoms with E-state index < -0.39 is 5.97 Å². The lowest BCUT2D eigenvalue weighted by Gasteiger charge is -1.68. The molecule has 0 aromatic heterocycles. The highest BCUT2D eigenvalue weighted by Gasteiger charge is 1.76. The molecule has 0 aromatic rings. The third kappa shape index (κ3) is 10.7. The van der Waals surface area contributed by atoms with E-state index in [1.54, 1.807) is 6.92 Å². The third-order valence-electron chi connectivity index (χ3n) is 0.309. The van der Waals surface area contributed by atoms with E-state index in [0.29, 0.717) is 0 Å². The van der Waals surface area contributed by atoms with E-state index in [-0.39, 0.29) is 24.0 Å². The first-order valence-electron chi connectivity index (χ1n) is 1.63. The first-order chi connectivity index (χ1) is 2.77. The number of carboxylic acids is 1. The maximum Gasteiger partial charge on any atom is 0.327 e. The fourth-order valence-corrected chi connectivity index (χ4v) is 0.143. The monoisotopic (exact) mass is 214 g/mol. The molecule has 0 bridgehead atoms. The highest BCUT2D eigenvalue weighted by molar-refractivity contribution is 14.0. The Morgan fingerprint density at radius 2 is 2.14 bits per heavy atom. The van der Waals surface area contributed by atoms with Crippen LogP contribution in [0.15, 0.2) is 12.2 Å². The molecule has 0 rings (SSSR count). The Morgan fingerprint density at radius 1 is 1.71 bits per heavy atom. The van der Waals surface area contributed by atoms with E-state index in [4.69, 9.17) is 5.11 Å². The predicted octanol–water partition coefficient (Wildman–Crippen LogP) is 1.27. The second kappa shape index (κ2) is 5.94. The number of halogens is 1. The average Bonchev–Trinajstić information content (AvgIpc) is 1.35. The molecule has 0 aliphatic carbocycles. The molecular weight excluding hydrogens is 207 g/mol. The van der Waals surface area contributed by atoms with E-state index in [1.165, 1.54) is 6.08 Å². The molecule has 0 unspecified atom stereocenters. The summed E-state index contributed by atoms with van der Waals surface area (Å²) in [5.74, 6) is -0.891. The molecule has 2 nitrogen and oxygen atoms in total. The van der Waals surface area contributed by atoms with Crippen LogP contribution < -0.4 is 0 Å². The SMILES string of the molecule is CC=CC(=O)O.I. The molecule has 0 atom stereocenters. The average molecular weight is 214 g/mol. The zero-order valence-electron chi connectivity index (χ0n) is 3.92. The van der Waals surface area contributed by atoms with Crippen LogP contribution in [-0.2, 0) is 4.79 Å². The van der Waals surface area contributed by atoms with Crippen molar-refractivity contribution < 1.29 is 9.90 Å². The minimum atomic E-state index is -0.891. The van der Waals surface area contributed by atoms with Gasteiger partial charge in [-0.2, -0.15) is 0 Å². The predicted molar refractivity (Wildman–Crippen MR) is 37.9 cm³/mol. The van der Waals surface area contributed by atoms with E-state index in [2.05, 4.69) is 0 Å². The van der Waals surface area contributed by atoms with Crippen LogP contribution >= 0.6 is 24.0 Å². The van der Waals surface area contributed by atoms with E-state index in [0.717, 1.165) is 6.08 Å². The van der Waals surface area contributed by atoms with Crippen LogP contribution in [-0.4, -0.2) is 11.1 Å². The second-order valence-electron chi connectivity index (χ2n) is 0.838. The molecule has 7 heavy (non-hydrogen) atoms. The van der Waals surface area contributed by atoms with Gasteiger partial charge in [0.15, 0.2) is 0 Å². The van der Waals surface area contributed by atoms with Crippen LogP contribution in [0.1, 0.15) is 6.92 Å². The van der Waals surface area contributed by atoms with Gasteiger partial charge in [-0.1, -0.05) is 6.08 Å². The zero-order valence-corrected chi connectivity index (χ0v) is 6.25. The summed E-state index contributed by atoms with van der Waals surface area (Å²) in [5.41, 5.74) is 0. The Labute approximate surface area is 59.2 Å². The molecule has 0 radical (unpaired) electrons. The lowest BCUT2D eigenvalue weighted by molar-refractivity contribution is -0.131. The van der Waals surface area contributed by atoms with E-state index in [1.807, 2.05) is 0 Å². The van der Waals surface area contributed by atoms with Crippen molar-refractivity contribution in [3.8, 4) is 0 Å². The summed E-state index contributed by atoms with van der Waals surface area (Å²) in [4.78, 5) is 9.51. The molecular formula is C4H7IO2. The summed E-state index contributed by atoms with van der Waals surface area (Å²) in [5, 5.41) is 7.83. The van der Waals surface area contributed by atoms with Crippen molar-refractivity contribution in [1.82, 2.24) is 0 Å². The Kier molecular flexibility index (Phi) is 8.51. The van der Waals surface area contributed by atoms with Crippen molar-refractivity contribution in [3.05, 3.63) is 12.2 Å². The van der Waals surface area contributed by atoms with Crippen molar-refractivity contribution in [1.29, 1.82) is 0 Å². The number of rotatable bonds is 1. The number of hydrogen-bond donors (Lipinski definition) is 1. The maximum atomic E-state index is 9.51. The van der Waals surface area contributed by atoms with Gasteiger partial charge in [-0.3, -0.25) is 0 Å². The quantitative estimate of drug-likeness (QED) is 0.527. The number of aliphatic carboxylic acids is 1. The molecule has 0 saturated carbocycles. The Bertz CT molecular complexity index is 77.8. The van der Waals surface area contributed by atoms with Crippen LogP contribution in [0.25, 0.3) is 0 Å². The molecule has 0 aromatic carbocycles. The van der Waals surface area contributed by atoms with Gasteiger partial charge in [0, 0.05) is 6.08 Å². The topological polar surface area (TPSA) is 37.3 Å². The summed E-state index contributed by atoms with van der Waals surface area (Å²) in [6.45, 7) is 1.66. The van der Waals surface area contributed by atoms with Crippen LogP contribution in [0, 0.1) is 0 Å². The van der Waals surface area contributed by atoms with Gasteiger partial charge in [0.25, 0.3) is 0 Å². The number of allylic oxidation sites excluding steroid dienone is 1. The summed E-state index contributed by atoms with van der Waals surface area (Å²) in [6.07, 6.45) is 2.56.